The van der Waals surface area contributed by atoms with Gasteiger partial charge in [0, 0.05) is 5.02 Å². The quantitative estimate of drug-likeness (QED) is 0.570. The molecular formula is C22H16ClFN2O3S. The Hall–Kier alpha value is -3.21. The maximum absolute atomic E-state index is 13.4. The third-order valence-corrected chi connectivity index (χ3v) is 5.56. The fourth-order valence-corrected chi connectivity index (χ4v) is 3.96. The van der Waals surface area contributed by atoms with Crippen molar-refractivity contribution in [2.75, 3.05) is 6.61 Å². The van der Waals surface area contributed by atoms with Gasteiger partial charge in [0.1, 0.15) is 10.5 Å². The number of carbonyl (C=O) groups is 1. The summed E-state index contributed by atoms with van der Waals surface area (Å²) in [5.74, 6) is -1.04. The number of aromatic nitrogens is 1. The monoisotopic (exact) mass is 442 g/mol. The Morgan fingerprint density at radius 2 is 2.03 bits per heavy atom. The van der Waals surface area contributed by atoms with Crippen LogP contribution in [-0.4, -0.2) is 17.1 Å². The minimum Gasteiger partial charge on any atom is -0.463 e. The summed E-state index contributed by atoms with van der Waals surface area (Å²) in [6.07, 6.45) is 2.93. The minimum absolute atomic E-state index is 0.0703. The molecule has 30 heavy (non-hydrogen) atoms. The number of esters is 1. The number of benzene rings is 2. The highest BCUT2D eigenvalue weighted by Crippen LogP contribution is 2.17. The average Bonchev–Trinajstić information content (AvgIpc) is 2.99. The molecule has 152 valence electrons. The molecule has 0 aliphatic heterocycles. The zero-order chi connectivity index (χ0) is 21.7. The molecule has 0 N–H and O–H groups in total. The number of nitrogens with zero attached hydrogens (tertiary/aromatic N) is 2. The zero-order valence-corrected chi connectivity index (χ0v) is 17.5. The summed E-state index contributed by atoms with van der Waals surface area (Å²) in [6, 6.07) is 12.7. The summed E-state index contributed by atoms with van der Waals surface area (Å²) in [6.45, 7) is 1.97. The van der Waals surface area contributed by atoms with Gasteiger partial charge < -0.3 is 4.74 Å². The molecule has 5 nitrogen and oxygen atoms in total. The molecule has 1 aromatic heterocycles. The van der Waals surface area contributed by atoms with E-state index in [1.807, 2.05) is 6.07 Å². The maximum Gasteiger partial charge on any atom is 0.333 e. The second kappa shape index (κ2) is 9.53. The van der Waals surface area contributed by atoms with Crippen LogP contribution in [-0.2, 0) is 16.1 Å². The van der Waals surface area contributed by atoms with Crippen molar-refractivity contribution < 1.29 is 13.9 Å². The van der Waals surface area contributed by atoms with Crippen molar-refractivity contribution in [3.63, 3.8) is 0 Å². The number of hydrogen-bond acceptors (Lipinski definition) is 5. The van der Waals surface area contributed by atoms with Crippen LogP contribution in [0, 0.1) is 17.1 Å². The lowest BCUT2D eigenvalue weighted by Gasteiger charge is -2.05. The fraction of sp³-hybridized carbons (Fsp3) is 0.136. The van der Waals surface area contributed by atoms with Gasteiger partial charge in [-0.15, -0.1) is 11.3 Å². The van der Waals surface area contributed by atoms with E-state index in [4.69, 9.17) is 21.6 Å². The normalized spacial score (nSPS) is 12.1. The van der Waals surface area contributed by atoms with Crippen LogP contribution in [0.15, 0.2) is 47.3 Å². The minimum atomic E-state index is -0.567. The van der Waals surface area contributed by atoms with Crippen LogP contribution in [0.2, 0.25) is 5.02 Å². The highest BCUT2D eigenvalue weighted by molar-refractivity contribution is 7.07. The molecule has 0 atom stereocenters. The smallest absolute Gasteiger partial charge is 0.333 e. The Balaban J connectivity index is 2.13. The number of hydrogen-bond donors (Lipinski definition) is 0. The maximum atomic E-state index is 13.4. The highest BCUT2D eigenvalue weighted by atomic mass is 35.5. The van der Waals surface area contributed by atoms with Gasteiger partial charge in [-0.25, -0.2) is 9.18 Å². The standard InChI is InChI=1S/C22H16ClFN2O3S/c1-2-29-21(27)11-20-26(13-16-7-8-17(24)10-18(16)23)22(28)19(30-20)9-14-3-5-15(12-25)6-4-14/h3-11H,2,13H2,1H3/b19-9-,20-11-. The van der Waals surface area contributed by atoms with E-state index < -0.39 is 11.8 Å². The molecule has 2 aromatic carbocycles. The van der Waals surface area contributed by atoms with E-state index in [1.54, 1.807) is 37.3 Å². The van der Waals surface area contributed by atoms with Crippen LogP contribution < -0.4 is 14.8 Å². The van der Waals surface area contributed by atoms with E-state index in [-0.39, 0.29) is 23.7 Å². The van der Waals surface area contributed by atoms with Crippen molar-refractivity contribution in [2.24, 2.45) is 0 Å². The SMILES string of the molecule is CCOC(=O)/C=c1\s/c(=C\c2ccc(C#N)cc2)c(=O)n1Cc1ccc(F)cc1Cl. The third kappa shape index (κ3) is 5.03. The summed E-state index contributed by atoms with van der Waals surface area (Å²) < 4.78 is 20.5. The number of thiazole rings is 1. The van der Waals surface area contributed by atoms with Crippen LogP contribution in [0.25, 0.3) is 12.2 Å². The molecule has 1 heterocycles. The fourth-order valence-electron chi connectivity index (χ4n) is 2.70. The number of nitriles is 1. The predicted molar refractivity (Wildman–Crippen MR) is 114 cm³/mol. The lowest BCUT2D eigenvalue weighted by molar-refractivity contribution is -0.135. The molecule has 0 bridgehead atoms. The molecule has 0 saturated carbocycles. The van der Waals surface area contributed by atoms with Crippen molar-refractivity contribution in [2.45, 2.75) is 13.5 Å². The van der Waals surface area contributed by atoms with E-state index >= 15 is 0 Å². The van der Waals surface area contributed by atoms with Crippen molar-refractivity contribution in [3.8, 4) is 6.07 Å². The molecule has 0 spiro atoms. The van der Waals surface area contributed by atoms with Gasteiger partial charge >= 0.3 is 5.97 Å². The van der Waals surface area contributed by atoms with Crippen LogP contribution in [0.3, 0.4) is 0 Å². The lowest BCUT2D eigenvalue weighted by Crippen LogP contribution is -2.32. The van der Waals surface area contributed by atoms with Gasteiger partial charge in [-0.1, -0.05) is 29.8 Å². The van der Waals surface area contributed by atoms with Crippen molar-refractivity contribution in [3.05, 3.63) is 89.5 Å². The Labute approximate surface area is 180 Å². The average molecular weight is 443 g/mol. The molecule has 0 radical (unpaired) electrons. The van der Waals surface area contributed by atoms with E-state index in [2.05, 4.69) is 0 Å². The Morgan fingerprint density at radius 1 is 1.30 bits per heavy atom. The zero-order valence-electron chi connectivity index (χ0n) is 15.9. The van der Waals surface area contributed by atoms with Gasteiger partial charge in [-0.05, 0) is 48.4 Å². The van der Waals surface area contributed by atoms with Crippen molar-refractivity contribution >= 4 is 41.1 Å². The largest absolute Gasteiger partial charge is 0.463 e. The van der Waals surface area contributed by atoms with E-state index in [1.165, 1.54) is 28.8 Å². The first-order valence-electron chi connectivity index (χ1n) is 8.95. The van der Waals surface area contributed by atoms with E-state index in [0.717, 1.165) is 16.9 Å². The number of ether oxygens (including phenoxy) is 1. The van der Waals surface area contributed by atoms with Crippen LogP contribution in [0.1, 0.15) is 23.6 Å². The number of halogens is 2. The van der Waals surface area contributed by atoms with Gasteiger partial charge in [0.2, 0.25) is 0 Å². The van der Waals surface area contributed by atoms with Gasteiger partial charge in [-0.3, -0.25) is 9.36 Å². The molecule has 0 fully saturated rings. The lowest BCUT2D eigenvalue weighted by atomic mass is 10.1. The van der Waals surface area contributed by atoms with Crippen LogP contribution >= 0.6 is 22.9 Å². The summed E-state index contributed by atoms with van der Waals surface area (Å²) in [4.78, 5) is 25.0. The molecular weight excluding hydrogens is 427 g/mol. The van der Waals surface area contributed by atoms with Gasteiger partial charge in [-0.2, -0.15) is 5.26 Å². The molecule has 0 aliphatic carbocycles. The first kappa shape index (κ1) is 21.5. The van der Waals surface area contributed by atoms with Gasteiger partial charge in [0.05, 0.1) is 35.4 Å². The molecule has 0 aliphatic rings. The molecule has 3 aromatic rings. The van der Waals surface area contributed by atoms with Crippen LogP contribution in [0.4, 0.5) is 4.39 Å². The van der Waals surface area contributed by atoms with E-state index in [0.29, 0.717) is 20.3 Å². The molecule has 0 saturated heterocycles. The summed E-state index contributed by atoms with van der Waals surface area (Å²) in [7, 11) is 0. The summed E-state index contributed by atoms with van der Waals surface area (Å²) >= 11 is 7.25. The molecule has 3 rings (SSSR count). The summed E-state index contributed by atoms with van der Waals surface area (Å²) in [5, 5.41) is 9.10. The third-order valence-electron chi connectivity index (χ3n) is 4.15. The first-order chi connectivity index (χ1) is 14.4. The first-order valence-corrected chi connectivity index (χ1v) is 10.1. The van der Waals surface area contributed by atoms with Crippen molar-refractivity contribution in [1.82, 2.24) is 4.57 Å². The van der Waals surface area contributed by atoms with E-state index in [9.17, 15) is 14.0 Å². The molecule has 8 heteroatoms. The Kier molecular flexibility index (Phi) is 6.83. The number of carbonyl (C=O) groups excluding carboxylic acids is 1. The van der Waals surface area contributed by atoms with Crippen LogP contribution in [0.5, 0.6) is 0 Å². The second-order valence-corrected chi connectivity index (χ2v) is 7.68. The Bertz CT molecular complexity index is 1300. The predicted octanol–water partition coefficient (Wildman–Crippen LogP) is 2.79. The van der Waals surface area contributed by atoms with Gasteiger partial charge in [0.25, 0.3) is 5.56 Å². The molecule has 0 amide bonds. The Morgan fingerprint density at radius 3 is 2.67 bits per heavy atom. The topological polar surface area (TPSA) is 72.1 Å². The number of rotatable bonds is 5. The second-order valence-electron chi connectivity index (χ2n) is 6.21. The van der Waals surface area contributed by atoms with Gasteiger partial charge in [0.15, 0.2) is 0 Å². The molecule has 0 unspecified atom stereocenters. The summed E-state index contributed by atoms with van der Waals surface area (Å²) in [5.41, 5.74) is 1.47. The highest BCUT2D eigenvalue weighted by Gasteiger charge is 2.10. The van der Waals surface area contributed by atoms with Crippen molar-refractivity contribution in [1.29, 1.82) is 5.26 Å².